The molecule has 0 radical (unpaired) electrons. The molecule has 4 aromatic rings. The second-order valence-corrected chi connectivity index (χ2v) is 8.88. The number of anilines is 1. The largest absolute Gasteiger partial charge is 0.493 e. The van der Waals surface area contributed by atoms with Crippen molar-refractivity contribution in [2.75, 3.05) is 26.6 Å². The van der Waals surface area contributed by atoms with Gasteiger partial charge < -0.3 is 24.3 Å². The standard InChI is InChI=1S/C31H26N4O9/c1-41-26-16-22(17-27(42-2)28(26)43-3)31(38)44-25-7-5-4-6-21(25)18-32-34-30(37)20-8-12-23(13-9-20)33-29(36)19-10-14-24(15-11-19)35(39)40/h4-18H,1-3H3,(H,33,36)(H,34,37)/b32-18-. The predicted molar refractivity (Wildman–Crippen MR) is 160 cm³/mol. The molecule has 2 amide bonds. The molecule has 4 rings (SSSR count). The van der Waals surface area contributed by atoms with Crippen LogP contribution < -0.4 is 29.7 Å². The van der Waals surface area contributed by atoms with Crippen molar-refractivity contribution in [2.24, 2.45) is 5.10 Å². The number of hydrogen-bond acceptors (Lipinski definition) is 10. The monoisotopic (exact) mass is 598 g/mol. The number of carbonyl (C=O) groups is 3. The van der Waals surface area contributed by atoms with Gasteiger partial charge in [0.25, 0.3) is 17.5 Å². The highest BCUT2D eigenvalue weighted by molar-refractivity contribution is 6.04. The van der Waals surface area contributed by atoms with Crippen LogP contribution in [0, 0.1) is 10.1 Å². The molecule has 0 heterocycles. The van der Waals surface area contributed by atoms with Crippen LogP contribution in [0.2, 0.25) is 0 Å². The smallest absolute Gasteiger partial charge is 0.343 e. The summed E-state index contributed by atoms with van der Waals surface area (Å²) < 4.78 is 21.5. The van der Waals surface area contributed by atoms with Gasteiger partial charge in [-0.1, -0.05) is 12.1 Å². The SMILES string of the molecule is COc1cc(C(=O)Oc2ccccc2/C=N\NC(=O)c2ccc(NC(=O)c3ccc([N+](=O)[O-])cc3)cc2)cc(OC)c1OC. The molecule has 224 valence electrons. The molecule has 0 aliphatic rings. The summed E-state index contributed by atoms with van der Waals surface area (Å²) in [5.74, 6) is -0.580. The lowest BCUT2D eigenvalue weighted by molar-refractivity contribution is -0.384. The van der Waals surface area contributed by atoms with E-state index in [0.717, 1.165) is 0 Å². The van der Waals surface area contributed by atoms with Crippen molar-refractivity contribution < 1.29 is 38.3 Å². The number of carbonyl (C=O) groups excluding carboxylic acids is 3. The molecule has 0 bridgehead atoms. The molecule has 44 heavy (non-hydrogen) atoms. The van der Waals surface area contributed by atoms with Crippen molar-refractivity contribution >= 4 is 35.4 Å². The summed E-state index contributed by atoms with van der Waals surface area (Å²) >= 11 is 0. The molecule has 13 heteroatoms. The number of esters is 1. The number of benzene rings is 4. The van der Waals surface area contributed by atoms with E-state index in [4.69, 9.17) is 18.9 Å². The number of methoxy groups -OCH3 is 3. The quantitative estimate of drug-likeness (QED) is 0.0806. The third-order valence-corrected chi connectivity index (χ3v) is 6.14. The molecule has 0 unspecified atom stereocenters. The molecule has 0 saturated heterocycles. The molecule has 0 saturated carbocycles. The van der Waals surface area contributed by atoms with Crippen LogP contribution in [0.3, 0.4) is 0 Å². The van der Waals surface area contributed by atoms with Crippen LogP contribution in [-0.4, -0.2) is 50.3 Å². The molecular formula is C31H26N4O9. The van der Waals surface area contributed by atoms with Gasteiger partial charge in [-0.05, 0) is 60.7 Å². The summed E-state index contributed by atoms with van der Waals surface area (Å²) in [5.41, 5.74) is 3.76. The minimum Gasteiger partial charge on any atom is -0.493 e. The van der Waals surface area contributed by atoms with Gasteiger partial charge in [0.15, 0.2) is 11.5 Å². The van der Waals surface area contributed by atoms with Crippen LogP contribution in [0.1, 0.15) is 36.6 Å². The summed E-state index contributed by atoms with van der Waals surface area (Å²) in [7, 11) is 4.32. The highest BCUT2D eigenvalue weighted by atomic mass is 16.6. The Labute approximate surface area is 251 Å². The molecule has 0 spiro atoms. The first-order valence-electron chi connectivity index (χ1n) is 12.8. The second kappa shape index (κ2) is 14.1. The molecular weight excluding hydrogens is 572 g/mol. The fourth-order valence-electron chi connectivity index (χ4n) is 3.91. The minimum absolute atomic E-state index is 0.125. The maximum atomic E-state index is 12.9. The maximum Gasteiger partial charge on any atom is 0.343 e. The third-order valence-electron chi connectivity index (χ3n) is 6.14. The normalized spacial score (nSPS) is 10.5. The second-order valence-electron chi connectivity index (χ2n) is 8.88. The average molecular weight is 599 g/mol. The molecule has 0 fully saturated rings. The number of nitro groups is 1. The first-order valence-corrected chi connectivity index (χ1v) is 12.8. The summed E-state index contributed by atoms with van der Waals surface area (Å²) in [5, 5.41) is 17.4. The topological polar surface area (TPSA) is 168 Å². The van der Waals surface area contributed by atoms with Crippen molar-refractivity contribution in [2.45, 2.75) is 0 Å². The van der Waals surface area contributed by atoms with Gasteiger partial charge in [-0.2, -0.15) is 5.10 Å². The highest BCUT2D eigenvalue weighted by Crippen LogP contribution is 2.38. The Morgan fingerprint density at radius 1 is 0.750 bits per heavy atom. The van der Waals surface area contributed by atoms with Gasteiger partial charge >= 0.3 is 5.97 Å². The lowest BCUT2D eigenvalue weighted by atomic mass is 10.1. The molecule has 0 aliphatic carbocycles. The van der Waals surface area contributed by atoms with Crippen LogP contribution in [0.5, 0.6) is 23.0 Å². The number of nitro benzene ring substituents is 1. The van der Waals surface area contributed by atoms with Gasteiger partial charge in [0, 0.05) is 34.5 Å². The van der Waals surface area contributed by atoms with Crippen molar-refractivity contribution in [1.82, 2.24) is 5.43 Å². The van der Waals surface area contributed by atoms with Crippen molar-refractivity contribution in [3.8, 4) is 23.0 Å². The van der Waals surface area contributed by atoms with Crippen LogP contribution in [0.25, 0.3) is 0 Å². The molecule has 0 aliphatic heterocycles. The van der Waals surface area contributed by atoms with E-state index in [1.54, 1.807) is 24.3 Å². The van der Waals surface area contributed by atoms with Crippen LogP contribution in [0.4, 0.5) is 11.4 Å². The fraction of sp³-hybridized carbons (Fsp3) is 0.0968. The minimum atomic E-state index is -0.685. The van der Waals surface area contributed by atoms with Crippen molar-refractivity contribution in [3.63, 3.8) is 0 Å². The Kier molecular flexibility index (Phi) is 9.84. The van der Waals surface area contributed by atoms with Gasteiger partial charge in [-0.3, -0.25) is 19.7 Å². The van der Waals surface area contributed by atoms with E-state index in [-0.39, 0.29) is 39.6 Å². The van der Waals surface area contributed by atoms with Gasteiger partial charge in [0.1, 0.15) is 5.75 Å². The fourth-order valence-corrected chi connectivity index (χ4v) is 3.91. The lowest BCUT2D eigenvalue weighted by Crippen LogP contribution is -2.18. The molecule has 0 atom stereocenters. The molecule has 4 aromatic carbocycles. The molecule has 2 N–H and O–H groups in total. The Morgan fingerprint density at radius 3 is 1.93 bits per heavy atom. The van der Waals surface area contributed by atoms with Gasteiger partial charge in [-0.25, -0.2) is 10.2 Å². The van der Waals surface area contributed by atoms with Gasteiger partial charge in [0.2, 0.25) is 5.75 Å². The van der Waals surface area contributed by atoms with Crippen LogP contribution >= 0.6 is 0 Å². The van der Waals surface area contributed by atoms with E-state index in [0.29, 0.717) is 17.0 Å². The zero-order valence-electron chi connectivity index (χ0n) is 23.7. The summed E-state index contributed by atoms with van der Waals surface area (Å²) in [6.07, 6.45) is 1.33. The van der Waals surface area contributed by atoms with E-state index < -0.39 is 22.7 Å². The summed E-state index contributed by atoms with van der Waals surface area (Å²) in [6.45, 7) is 0. The van der Waals surface area contributed by atoms with Crippen molar-refractivity contribution in [3.05, 3.63) is 117 Å². The number of ether oxygens (including phenoxy) is 4. The van der Waals surface area contributed by atoms with Gasteiger partial charge in [-0.15, -0.1) is 0 Å². The Bertz CT molecular complexity index is 1690. The van der Waals surface area contributed by atoms with E-state index >= 15 is 0 Å². The number of hydrogen-bond donors (Lipinski definition) is 2. The van der Waals surface area contributed by atoms with E-state index in [2.05, 4.69) is 15.8 Å². The molecule has 0 aromatic heterocycles. The maximum absolute atomic E-state index is 12.9. The average Bonchev–Trinajstić information content (AvgIpc) is 3.04. The number of nitrogens with one attached hydrogen (secondary N) is 2. The Balaban J connectivity index is 1.38. The van der Waals surface area contributed by atoms with E-state index in [1.807, 2.05) is 0 Å². The van der Waals surface area contributed by atoms with Crippen LogP contribution in [-0.2, 0) is 0 Å². The van der Waals surface area contributed by atoms with Crippen molar-refractivity contribution in [1.29, 1.82) is 0 Å². The first-order chi connectivity index (χ1) is 21.2. The highest BCUT2D eigenvalue weighted by Gasteiger charge is 2.19. The zero-order chi connectivity index (χ0) is 31.6. The first kappa shape index (κ1) is 30.7. The number of para-hydroxylation sites is 1. The Morgan fingerprint density at radius 2 is 1.34 bits per heavy atom. The number of nitrogens with zero attached hydrogens (tertiary/aromatic N) is 2. The van der Waals surface area contributed by atoms with E-state index in [9.17, 15) is 24.5 Å². The number of hydrazone groups is 1. The zero-order valence-corrected chi connectivity index (χ0v) is 23.7. The van der Waals surface area contributed by atoms with Gasteiger partial charge in [0.05, 0.1) is 38.0 Å². The van der Waals surface area contributed by atoms with Crippen LogP contribution in [0.15, 0.2) is 90.0 Å². The third kappa shape index (κ3) is 7.33. The lowest BCUT2D eigenvalue weighted by Gasteiger charge is -2.14. The number of rotatable bonds is 11. The summed E-state index contributed by atoms with van der Waals surface area (Å²) in [6, 6.07) is 20.7. The number of non-ortho nitro benzene ring substituents is 1. The molecule has 13 nitrogen and oxygen atoms in total. The van der Waals surface area contributed by atoms with E-state index in [1.165, 1.54) is 88.2 Å². The predicted octanol–water partition coefficient (Wildman–Crippen LogP) is 4.86. The summed E-state index contributed by atoms with van der Waals surface area (Å²) in [4.78, 5) is 48.2. The number of amides is 2. The Hall–Kier alpha value is -6.24.